The molecule has 1 saturated heterocycles. The Bertz CT molecular complexity index is 608. The van der Waals surface area contributed by atoms with Gasteiger partial charge in [-0.1, -0.05) is 24.6 Å². The van der Waals surface area contributed by atoms with Crippen LogP contribution in [0.4, 0.5) is 0 Å². The van der Waals surface area contributed by atoms with Crippen LogP contribution in [0, 0.1) is 11.3 Å². The Morgan fingerprint density at radius 3 is 2.30 bits per heavy atom. The van der Waals surface area contributed by atoms with Crippen LogP contribution >= 0.6 is 0 Å². The van der Waals surface area contributed by atoms with E-state index in [-0.39, 0.29) is 0 Å². The van der Waals surface area contributed by atoms with Gasteiger partial charge < -0.3 is 0 Å². The fourth-order valence-corrected chi connectivity index (χ4v) is 4.29. The number of nitrogens with zero attached hydrogens (tertiary/aromatic N) is 2. The lowest BCUT2D eigenvalue weighted by Crippen LogP contribution is -2.38. The minimum Gasteiger partial charge on any atom is -0.211 e. The molecule has 1 aromatic carbocycles. The van der Waals surface area contributed by atoms with Gasteiger partial charge in [-0.25, -0.2) is 12.7 Å². The number of sulfonamides is 1. The predicted octanol–water partition coefficient (Wildman–Crippen LogP) is 2.60. The van der Waals surface area contributed by atoms with Crippen molar-refractivity contribution in [3.63, 3.8) is 0 Å². The zero-order valence-electron chi connectivity index (χ0n) is 11.3. The highest BCUT2D eigenvalue weighted by molar-refractivity contribution is 7.89. The SMILES string of the molecule is C=CC(c1ccc(C#N)cc1)S(=O)(=O)N1CCCCC1. The van der Waals surface area contributed by atoms with E-state index >= 15 is 0 Å². The second-order valence-corrected chi connectivity index (χ2v) is 6.95. The van der Waals surface area contributed by atoms with Crippen molar-refractivity contribution in [1.82, 2.24) is 4.31 Å². The Morgan fingerprint density at radius 1 is 1.20 bits per heavy atom. The van der Waals surface area contributed by atoms with Gasteiger partial charge in [-0.3, -0.25) is 0 Å². The van der Waals surface area contributed by atoms with Gasteiger partial charge in [0.15, 0.2) is 0 Å². The number of hydrogen-bond acceptors (Lipinski definition) is 3. The third kappa shape index (κ3) is 2.92. The number of piperidine rings is 1. The van der Waals surface area contributed by atoms with Crippen LogP contribution in [0.15, 0.2) is 36.9 Å². The van der Waals surface area contributed by atoms with Crippen molar-refractivity contribution in [3.05, 3.63) is 48.0 Å². The molecular weight excluding hydrogens is 272 g/mol. The van der Waals surface area contributed by atoms with Crippen LogP contribution in [0.1, 0.15) is 35.6 Å². The van der Waals surface area contributed by atoms with Gasteiger partial charge in [0, 0.05) is 13.1 Å². The summed E-state index contributed by atoms with van der Waals surface area (Å²) in [6, 6.07) is 8.67. The van der Waals surface area contributed by atoms with E-state index in [1.807, 2.05) is 6.07 Å². The molecule has 2 rings (SSSR count). The minimum absolute atomic E-state index is 0.520. The molecule has 0 aliphatic carbocycles. The Morgan fingerprint density at radius 2 is 1.80 bits per heavy atom. The van der Waals surface area contributed by atoms with Gasteiger partial charge in [-0.15, -0.1) is 6.58 Å². The predicted molar refractivity (Wildman–Crippen MR) is 78.4 cm³/mol. The lowest BCUT2D eigenvalue weighted by Gasteiger charge is -2.29. The van der Waals surface area contributed by atoms with Crippen LogP contribution in [0.5, 0.6) is 0 Å². The van der Waals surface area contributed by atoms with Crippen LogP contribution in [0.3, 0.4) is 0 Å². The smallest absolute Gasteiger partial charge is 0.211 e. The van der Waals surface area contributed by atoms with E-state index in [1.54, 1.807) is 28.6 Å². The van der Waals surface area contributed by atoms with E-state index in [9.17, 15) is 8.42 Å². The largest absolute Gasteiger partial charge is 0.224 e. The first-order valence-corrected chi connectivity index (χ1v) is 8.21. The average molecular weight is 290 g/mol. The molecule has 1 aliphatic heterocycles. The maximum atomic E-state index is 12.7. The van der Waals surface area contributed by atoms with Gasteiger partial charge in [-0.2, -0.15) is 5.26 Å². The molecule has 1 atom stereocenters. The second kappa shape index (κ2) is 6.21. The lowest BCUT2D eigenvalue weighted by molar-refractivity contribution is 0.344. The number of nitriles is 1. The molecule has 1 aliphatic rings. The van der Waals surface area contributed by atoms with Crippen LogP contribution in [0.2, 0.25) is 0 Å². The normalized spacial score (nSPS) is 18.1. The summed E-state index contributed by atoms with van der Waals surface area (Å²) < 4.78 is 26.9. The fourth-order valence-electron chi connectivity index (χ4n) is 2.46. The van der Waals surface area contributed by atoms with E-state index in [1.165, 1.54) is 6.08 Å². The number of hydrogen-bond donors (Lipinski definition) is 0. The fraction of sp³-hybridized carbons (Fsp3) is 0.400. The molecule has 0 amide bonds. The summed E-state index contributed by atoms with van der Waals surface area (Å²) >= 11 is 0. The standard InChI is InChI=1S/C15H18N2O2S/c1-2-15(14-8-6-13(12-16)7-9-14)20(18,19)17-10-4-3-5-11-17/h2,6-9,15H,1,3-5,10-11H2. The Hall–Kier alpha value is -1.64. The zero-order chi connectivity index (χ0) is 14.6. The Labute approximate surface area is 120 Å². The number of rotatable bonds is 4. The first kappa shape index (κ1) is 14.8. The molecule has 0 bridgehead atoms. The maximum absolute atomic E-state index is 12.7. The highest BCUT2D eigenvalue weighted by atomic mass is 32.2. The summed E-state index contributed by atoms with van der Waals surface area (Å²) in [5, 5.41) is 8.05. The summed E-state index contributed by atoms with van der Waals surface area (Å²) in [7, 11) is -3.41. The van der Waals surface area contributed by atoms with E-state index in [2.05, 4.69) is 6.58 Å². The van der Waals surface area contributed by atoms with Crippen LogP contribution in [-0.4, -0.2) is 25.8 Å². The van der Waals surface area contributed by atoms with Crippen molar-refractivity contribution in [2.24, 2.45) is 0 Å². The summed E-state index contributed by atoms with van der Waals surface area (Å²) in [6.45, 7) is 4.84. The molecule has 0 saturated carbocycles. The van der Waals surface area contributed by atoms with Gasteiger partial charge in [0.05, 0.1) is 11.6 Å². The molecule has 0 N–H and O–H groups in total. The topological polar surface area (TPSA) is 61.2 Å². The van der Waals surface area contributed by atoms with Gasteiger partial charge >= 0.3 is 0 Å². The van der Waals surface area contributed by atoms with Crippen molar-refractivity contribution in [2.45, 2.75) is 24.5 Å². The van der Waals surface area contributed by atoms with Gasteiger partial charge in [0.2, 0.25) is 10.0 Å². The van der Waals surface area contributed by atoms with E-state index in [0.717, 1.165) is 19.3 Å². The van der Waals surface area contributed by atoms with E-state index in [4.69, 9.17) is 5.26 Å². The first-order valence-electron chi connectivity index (χ1n) is 6.71. The van der Waals surface area contributed by atoms with Crippen LogP contribution in [-0.2, 0) is 10.0 Å². The van der Waals surface area contributed by atoms with Crippen molar-refractivity contribution in [2.75, 3.05) is 13.1 Å². The monoisotopic (exact) mass is 290 g/mol. The molecule has 0 aromatic heterocycles. The minimum atomic E-state index is -3.41. The molecule has 1 unspecified atom stereocenters. The van der Waals surface area contributed by atoms with Gasteiger partial charge in [-0.05, 0) is 30.5 Å². The molecular formula is C15H18N2O2S. The molecule has 1 fully saturated rings. The maximum Gasteiger partial charge on any atom is 0.224 e. The third-order valence-electron chi connectivity index (χ3n) is 3.58. The van der Waals surface area contributed by atoms with Crippen molar-refractivity contribution in [3.8, 4) is 6.07 Å². The van der Waals surface area contributed by atoms with Crippen LogP contribution < -0.4 is 0 Å². The summed E-state index contributed by atoms with van der Waals surface area (Å²) in [5.74, 6) is 0. The Balaban J connectivity index is 2.30. The second-order valence-electron chi connectivity index (χ2n) is 4.89. The molecule has 5 heteroatoms. The Kier molecular flexibility index (Phi) is 4.58. The molecule has 0 spiro atoms. The molecule has 4 nitrogen and oxygen atoms in total. The quantitative estimate of drug-likeness (QED) is 0.801. The van der Waals surface area contributed by atoms with Crippen molar-refractivity contribution in [1.29, 1.82) is 5.26 Å². The van der Waals surface area contributed by atoms with Crippen LogP contribution in [0.25, 0.3) is 0 Å². The highest BCUT2D eigenvalue weighted by Gasteiger charge is 2.31. The third-order valence-corrected chi connectivity index (χ3v) is 5.77. The lowest BCUT2D eigenvalue weighted by atomic mass is 10.1. The van der Waals surface area contributed by atoms with E-state index < -0.39 is 15.3 Å². The average Bonchev–Trinajstić information content (AvgIpc) is 2.49. The summed E-state index contributed by atoms with van der Waals surface area (Å²) in [6.07, 6.45) is 4.37. The zero-order valence-corrected chi connectivity index (χ0v) is 12.1. The summed E-state index contributed by atoms with van der Waals surface area (Å²) in [5.41, 5.74) is 1.18. The number of benzene rings is 1. The first-order chi connectivity index (χ1) is 9.59. The molecule has 20 heavy (non-hydrogen) atoms. The molecule has 1 aromatic rings. The highest BCUT2D eigenvalue weighted by Crippen LogP contribution is 2.28. The van der Waals surface area contributed by atoms with Crippen molar-refractivity contribution < 1.29 is 8.42 Å². The molecule has 1 heterocycles. The van der Waals surface area contributed by atoms with E-state index in [0.29, 0.717) is 24.2 Å². The molecule has 106 valence electrons. The molecule has 0 radical (unpaired) electrons. The van der Waals surface area contributed by atoms with Gasteiger partial charge in [0.25, 0.3) is 0 Å². The van der Waals surface area contributed by atoms with Crippen molar-refractivity contribution >= 4 is 10.0 Å². The van der Waals surface area contributed by atoms with Gasteiger partial charge in [0.1, 0.15) is 5.25 Å². The summed E-state index contributed by atoms with van der Waals surface area (Å²) in [4.78, 5) is 0.